The average molecular weight is 227 g/mol. The highest BCUT2D eigenvalue weighted by atomic mass is 16.3. The lowest BCUT2D eigenvalue weighted by atomic mass is 10.4. The Morgan fingerprint density at radius 1 is 1.75 bits per heavy atom. The molecule has 0 saturated heterocycles. The summed E-state index contributed by atoms with van der Waals surface area (Å²) in [6, 6.07) is 1.61. The molecule has 7 N–H and O–H groups in total. The van der Waals surface area contributed by atoms with Crippen molar-refractivity contribution in [3.63, 3.8) is 0 Å². The van der Waals surface area contributed by atoms with Gasteiger partial charge in [0, 0.05) is 24.5 Å². The van der Waals surface area contributed by atoms with Crippen molar-refractivity contribution < 1.29 is 10.2 Å². The number of rotatable bonds is 5. The molecule has 1 atom stereocenters. The Bertz CT molecular complexity index is 370. The Morgan fingerprint density at radius 2 is 2.44 bits per heavy atom. The third kappa shape index (κ3) is 3.44. The van der Waals surface area contributed by atoms with Crippen LogP contribution in [-0.4, -0.2) is 39.2 Å². The quantitative estimate of drug-likeness (QED) is 0.440. The first-order valence-electron chi connectivity index (χ1n) is 4.84. The zero-order chi connectivity index (χ0) is 12.1. The predicted octanol–water partition coefficient (Wildman–Crippen LogP) is -0.993. The first-order valence-corrected chi connectivity index (χ1v) is 4.84. The van der Waals surface area contributed by atoms with Crippen molar-refractivity contribution in [3.8, 4) is 0 Å². The van der Waals surface area contributed by atoms with E-state index in [1.807, 2.05) is 0 Å². The lowest BCUT2D eigenvalue weighted by Gasteiger charge is -2.06. The van der Waals surface area contributed by atoms with E-state index in [0.717, 1.165) is 0 Å². The molecular formula is C9H17N5O2. The van der Waals surface area contributed by atoms with E-state index in [0.29, 0.717) is 17.3 Å². The van der Waals surface area contributed by atoms with Gasteiger partial charge in [0.25, 0.3) is 0 Å². The molecule has 7 heteroatoms. The minimum absolute atomic E-state index is 0.207. The van der Waals surface area contributed by atoms with Gasteiger partial charge in [-0.25, -0.2) is 4.68 Å². The molecule has 0 aliphatic rings. The lowest BCUT2D eigenvalue weighted by Crippen LogP contribution is -2.23. The number of nitrogens with one attached hydrogen (secondary N) is 1. The van der Waals surface area contributed by atoms with Crippen molar-refractivity contribution in [2.75, 3.05) is 24.2 Å². The summed E-state index contributed by atoms with van der Waals surface area (Å²) in [5, 5.41) is 24.7. The van der Waals surface area contributed by atoms with Crippen LogP contribution in [0.1, 0.15) is 6.92 Å². The van der Waals surface area contributed by atoms with Gasteiger partial charge in [0.1, 0.15) is 5.82 Å². The van der Waals surface area contributed by atoms with Gasteiger partial charge in [-0.1, -0.05) is 0 Å². The summed E-state index contributed by atoms with van der Waals surface area (Å²) in [5.41, 5.74) is 11.8. The van der Waals surface area contributed by atoms with E-state index in [9.17, 15) is 0 Å². The van der Waals surface area contributed by atoms with Gasteiger partial charge in [-0.3, -0.25) is 0 Å². The normalized spacial score (nSPS) is 13.8. The van der Waals surface area contributed by atoms with Crippen LogP contribution in [0.3, 0.4) is 0 Å². The van der Waals surface area contributed by atoms with Gasteiger partial charge in [0.2, 0.25) is 0 Å². The Balaban J connectivity index is 2.66. The third-order valence-electron chi connectivity index (χ3n) is 1.82. The van der Waals surface area contributed by atoms with Crippen molar-refractivity contribution in [3.05, 3.63) is 11.8 Å². The zero-order valence-electron chi connectivity index (χ0n) is 9.09. The van der Waals surface area contributed by atoms with Gasteiger partial charge in [-0.15, -0.1) is 5.10 Å². The predicted molar refractivity (Wildman–Crippen MR) is 62.4 cm³/mol. The van der Waals surface area contributed by atoms with Crippen LogP contribution in [0.25, 0.3) is 6.20 Å². The minimum atomic E-state index is -0.821. The van der Waals surface area contributed by atoms with E-state index in [2.05, 4.69) is 10.4 Å². The van der Waals surface area contributed by atoms with Crippen molar-refractivity contribution in [1.29, 1.82) is 0 Å². The molecule has 1 heterocycles. The van der Waals surface area contributed by atoms with E-state index >= 15 is 0 Å². The van der Waals surface area contributed by atoms with Gasteiger partial charge in [-0.2, -0.15) is 0 Å². The highest BCUT2D eigenvalue weighted by molar-refractivity contribution is 5.50. The van der Waals surface area contributed by atoms with Crippen LogP contribution >= 0.6 is 0 Å². The number of nitrogen functional groups attached to an aromatic ring is 1. The summed E-state index contributed by atoms with van der Waals surface area (Å²) in [6.45, 7) is 1.63. The molecule has 0 aromatic carbocycles. The second kappa shape index (κ2) is 5.38. The number of aliphatic hydroxyl groups excluding tert-OH is 2. The monoisotopic (exact) mass is 227 g/mol. The molecule has 1 rings (SSSR count). The molecule has 1 unspecified atom stereocenters. The molecule has 0 spiro atoms. The molecule has 0 aliphatic carbocycles. The number of allylic oxidation sites excluding steroid dienone is 1. The SMILES string of the molecule is C/C(N)=C/n1nc(NCC(O)CO)cc1N. The molecule has 90 valence electrons. The van der Waals surface area contributed by atoms with Gasteiger partial charge in [0.05, 0.1) is 12.7 Å². The molecular weight excluding hydrogens is 210 g/mol. The first-order chi connectivity index (χ1) is 7.52. The van der Waals surface area contributed by atoms with E-state index in [1.54, 1.807) is 19.2 Å². The van der Waals surface area contributed by atoms with Crippen molar-refractivity contribution in [2.24, 2.45) is 5.73 Å². The van der Waals surface area contributed by atoms with Crippen molar-refractivity contribution >= 4 is 17.8 Å². The fourth-order valence-corrected chi connectivity index (χ4v) is 1.08. The maximum atomic E-state index is 9.13. The van der Waals surface area contributed by atoms with Crippen molar-refractivity contribution in [1.82, 2.24) is 9.78 Å². The molecule has 0 amide bonds. The fourth-order valence-electron chi connectivity index (χ4n) is 1.08. The summed E-state index contributed by atoms with van der Waals surface area (Å²) in [7, 11) is 0. The Labute approximate surface area is 93.4 Å². The number of hydrogen-bond acceptors (Lipinski definition) is 6. The maximum absolute atomic E-state index is 9.13. The molecule has 0 fully saturated rings. The topological polar surface area (TPSA) is 122 Å². The Hall–Kier alpha value is -1.73. The molecule has 16 heavy (non-hydrogen) atoms. The van der Waals surface area contributed by atoms with Crippen LogP contribution in [0.15, 0.2) is 11.8 Å². The van der Waals surface area contributed by atoms with Crippen LogP contribution in [0, 0.1) is 0 Å². The number of anilines is 2. The van der Waals surface area contributed by atoms with E-state index in [1.165, 1.54) is 4.68 Å². The third-order valence-corrected chi connectivity index (χ3v) is 1.82. The smallest absolute Gasteiger partial charge is 0.150 e. The highest BCUT2D eigenvalue weighted by Crippen LogP contribution is 2.11. The average Bonchev–Trinajstić information content (AvgIpc) is 2.55. The highest BCUT2D eigenvalue weighted by Gasteiger charge is 2.05. The summed E-state index contributed by atoms with van der Waals surface area (Å²) in [6.07, 6.45) is 0.765. The number of nitrogens with zero attached hydrogens (tertiary/aromatic N) is 2. The first kappa shape index (κ1) is 12.3. The van der Waals surface area contributed by atoms with E-state index in [-0.39, 0.29) is 13.2 Å². The van der Waals surface area contributed by atoms with Crippen LogP contribution in [0.5, 0.6) is 0 Å². The number of aliphatic hydroxyl groups is 2. The van der Waals surface area contributed by atoms with Gasteiger partial charge >= 0.3 is 0 Å². The molecule has 7 nitrogen and oxygen atoms in total. The summed E-state index contributed by atoms with van der Waals surface area (Å²) >= 11 is 0. The molecule has 0 saturated carbocycles. The van der Waals surface area contributed by atoms with E-state index in [4.69, 9.17) is 21.7 Å². The summed E-state index contributed by atoms with van der Waals surface area (Å²) in [5.74, 6) is 0.952. The zero-order valence-corrected chi connectivity index (χ0v) is 9.09. The van der Waals surface area contributed by atoms with E-state index < -0.39 is 6.10 Å². The molecule has 0 aliphatic heterocycles. The standard InChI is InChI=1S/C9H17N5O2/c1-6(10)4-14-8(11)2-9(13-14)12-3-7(16)5-15/h2,4,7,15-16H,3,5,10-11H2,1H3,(H,12,13)/b6-4-. The fraction of sp³-hybridized carbons (Fsp3) is 0.444. The number of aromatic nitrogens is 2. The number of hydrogen-bond donors (Lipinski definition) is 5. The molecule has 1 aromatic rings. The Kier molecular flexibility index (Phi) is 4.15. The van der Waals surface area contributed by atoms with Crippen LogP contribution < -0.4 is 16.8 Å². The summed E-state index contributed by atoms with van der Waals surface area (Å²) in [4.78, 5) is 0. The largest absolute Gasteiger partial charge is 0.401 e. The lowest BCUT2D eigenvalue weighted by molar-refractivity contribution is 0.105. The molecule has 1 aromatic heterocycles. The second-order valence-electron chi connectivity index (χ2n) is 3.49. The Morgan fingerprint density at radius 3 is 3.00 bits per heavy atom. The van der Waals surface area contributed by atoms with Gasteiger partial charge < -0.3 is 27.0 Å². The summed E-state index contributed by atoms with van der Waals surface area (Å²) < 4.78 is 1.43. The molecule has 0 bridgehead atoms. The van der Waals surface area contributed by atoms with Crippen LogP contribution in [0.2, 0.25) is 0 Å². The maximum Gasteiger partial charge on any atom is 0.150 e. The second-order valence-corrected chi connectivity index (χ2v) is 3.49. The number of nitrogens with two attached hydrogens (primary N) is 2. The van der Waals surface area contributed by atoms with Gasteiger partial charge in [0.15, 0.2) is 5.82 Å². The van der Waals surface area contributed by atoms with Crippen LogP contribution in [0.4, 0.5) is 11.6 Å². The van der Waals surface area contributed by atoms with Crippen LogP contribution in [-0.2, 0) is 0 Å². The van der Waals surface area contributed by atoms with Gasteiger partial charge in [-0.05, 0) is 6.92 Å². The minimum Gasteiger partial charge on any atom is -0.401 e. The molecule has 0 radical (unpaired) electrons. The van der Waals surface area contributed by atoms with Crippen molar-refractivity contribution in [2.45, 2.75) is 13.0 Å².